The topological polar surface area (TPSA) is 107 Å². The van der Waals surface area contributed by atoms with Crippen LogP contribution in [0, 0.1) is 0 Å². The minimum absolute atomic E-state index is 0.164. The van der Waals surface area contributed by atoms with Crippen molar-refractivity contribution in [3.05, 3.63) is 81.9 Å². The van der Waals surface area contributed by atoms with E-state index in [-0.39, 0.29) is 23.8 Å². The molecule has 5 heterocycles. The largest absolute Gasteiger partial charge is 0.480 e. The van der Waals surface area contributed by atoms with Gasteiger partial charge in [0.2, 0.25) is 5.88 Å². The van der Waals surface area contributed by atoms with Gasteiger partial charge >= 0.3 is 6.18 Å². The first-order valence-corrected chi connectivity index (χ1v) is 15.5. The summed E-state index contributed by atoms with van der Waals surface area (Å²) in [6.07, 6.45) is 1.66. The van der Waals surface area contributed by atoms with Gasteiger partial charge in [0.15, 0.2) is 11.5 Å². The zero-order valence-corrected chi connectivity index (χ0v) is 26.3. The van der Waals surface area contributed by atoms with Gasteiger partial charge in [0.1, 0.15) is 23.4 Å². The summed E-state index contributed by atoms with van der Waals surface area (Å²) >= 11 is 0. The van der Waals surface area contributed by atoms with Crippen molar-refractivity contribution in [3.63, 3.8) is 0 Å². The number of nitrogens with zero attached hydrogens (tertiary/aromatic N) is 9. The lowest BCUT2D eigenvalue weighted by atomic mass is 10.1. The molecule has 0 bridgehead atoms. The number of aryl methyl sites for hydroxylation is 1. The molecule has 1 saturated carbocycles. The SMILES string of the molecule is COc1ncnc(C2CC2)c1-c1ncc2cc(CN3CCN(C)CC3)c(=O)n(Cc3ccc(-c4nc(C(F)(F)F)cn4C)cc3)c2n1. The maximum Gasteiger partial charge on any atom is 0.434 e. The molecule has 1 aromatic carbocycles. The maximum atomic E-state index is 14.2. The number of likely N-dealkylation sites (N-methyl/N-ethyl adjacent to an activating group) is 1. The molecule has 0 atom stereocenters. The summed E-state index contributed by atoms with van der Waals surface area (Å²) in [6, 6.07) is 8.90. The van der Waals surface area contributed by atoms with Gasteiger partial charge in [-0.25, -0.2) is 24.9 Å². The van der Waals surface area contributed by atoms with Gasteiger partial charge in [-0.1, -0.05) is 24.3 Å². The van der Waals surface area contributed by atoms with Crippen LogP contribution in [-0.2, 0) is 26.3 Å². The van der Waals surface area contributed by atoms with Crippen LogP contribution >= 0.6 is 0 Å². The molecule has 4 aromatic heterocycles. The number of rotatable bonds is 8. The molecule has 1 saturated heterocycles. The fourth-order valence-electron chi connectivity index (χ4n) is 6.07. The van der Waals surface area contributed by atoms with Crippen LogP contribution in [-0.4, -0.2) is 84.2 Å². The quantitative estimate of drug-likeness (QED) is 0.244. The number of fused-ring (bicyclic) bond motifs is 1. The fraction of sp³-hybridized carbons (Fsp3) is 0.394. The monoisotopic (exact) mass is 645 g/mol. The van der Waals surface area contributed by atoms with E-state index in [9.17, 15) is 18.0 Å². The first kappa shape index (κ1) is 30.9. The van der Waals surface area contributed by atoms with Crippen molar-refractivity contribution in [3.8, 4) is 28.7 Å². The van der Waals surface area contributed by atoms with Gasteiger partial charge in [0.25, 0.3) is 5.56 Å². The Balaban J connectivity index is 1.30. The van der Waals surface area contributed by atoms with Crippen molar-refractivity contribution < 1.29 is 17.9 Å². The number of hydrogen-bond acceptors (Lipinski definition) is 9. The molecule has 2 aliphatic rings. The molecule has 47 heavy (non-hydrogen) atoms. The van der Waals surface area contributed by atoms with Gasteiger partial charge in [0.05, 0.1) is 19.3 Å². The number of piperazine rings is 1. The van der Waals surface area contributed by atoms with Crippen LogP contribution in [0.25, 0.3) is 33.8 Å². The maximum absolute atomic E-state index is 14.2. The summed E-state index contributed by atoms with van der Waals surface area (Å²) in [5.74, 6) is 1.23. The van der Waals surface area contributed by atoms with Crippen LogP contribution in [0.15, 0.2) is 53.8 Å². The minimum atomic E-state index is -4.54. The first-order chi connectivity index (χ1) is 22.6. The molecule has 0 radical (unpaired) electrons. The number of imidazole rings is 1. The molecule has 1 aliphatic heterocycles. The zero-order chi connectivity index (χ0) is 32.9. The average molecular weight is 646 g/mol. The van der Waals surface area contributed by atoms with Gasteiger partial charge in [-0.3, -0.25) is 14.3 Å². The second-order valence-corrected chi connectivity index (χ2v) is 12.3. The van der Waals surface area contributed by atoms with E-state index in [0.717, 1.165) is 56.5 Å². The van der Waals surface area contributed by atoms with Crippen LogP contribution in [0.2, 0.25) is 0 Å². The molecule has 0 unspecified atom stereocenters. The first-order valence-electron chi connectivity index (χ1n) is 15.5. The van der Waals surface area contributed by atoms with Crippen molar-refractivity contribution in [2.45, 2.75) is 38.0 Å². The molecule has 2 fully saturated rings. The summed E-state index contributed by atoms with van der Waals surface area (Å²) in [4.78, 5) is 41.0. The third-order valence-electron chi connectivity index (χ3n) is 8.83. The van der Waals surface area contributed by atoms with Crippen LogP contribution in [0.1, 0.15) is 41.3 Å². The number of alkyl halides is 3. The number of benzene rings is 1. The van der Waals surface area contributed by atoms with E-state index < -0.39 is 11.9 Å². The third kappa shape index (κ3) is 6.22. The predicted molar refractivity (Wildman–Crippen MR) is 169 cm³/mol. The fourth-order valence-corrected chi connectivity index (χ4v) is 6.07. The van der Waals surface area contributed by atoms with Crippen molar-refractivity contribution >= 4 is 11.0 Å². The molecule has 0 amide bonds. The number of hydrogen-bond donors (Lipinski definition) is 0. The van der Waals surface area contributed by atoms with Crippen molar-refractivity contribution in [1.82, 2.24) is 43.9 Å². The standard InChI is InChI=1S/C33H34F3N9O2/c1-42-10-12-44(13-11-42)17-24-14-23-15-37-28(26-27(21-8-9-21)38-19-39-31(26)47-3)41-30(23)45(32(24)46)16-20-4-6-22(7-5-20)29-40-25(18-43(29)2)33(34,35)36/h4-7,14-15,18-19,21H,8-13,16-17H2,1-3H3. The number of ether oxygens (including phenoxy) is 1. The molecule has 244 valence electrons. The number of methoxy groups -OCH3 is 1. The van der Waals surface area contributed by atoms with Gasteiger partial charge in [-0.2, -0.15) is 13.2 Å². The second kappa shape index (κ2) is 12.2. The van der Waals surface area contributed by atoms with E-state index in [4.69, 9.17) is 14.7 Å². The lowest BCUT2D eigenvalue weighted by molar-refractivity contribution is -0.140. The van der Waals surface area contributed by atoms with E-state index >= 15 is 0 Å². The molecule has 5 aromatic rings. The van der Waals surface area contributed by atoms with Crippen LogP contribution < -0.4 is 10.3 Å². The molecule has 7 rings (SSSR count). The Kier molecular flexibility index (Phi) is 8.00. The zero-order valence-electron chi connectivity index (χ0n) is 26.3. The van der Waals surface area contributed by atoms with E-state index in [1.807, 2.05) is 6.07 Å². The van der Waals surface area contributed by atoms with Crippen molar-refractivity contribution in [2.24, 2.45) is 7.05 Å². The average Bonchev–Trinajstić information content (AvgIpc) is 3.83. The van der Waals surface area contributed by atoms with Gasteiger partial charge < -0.3 is 14.2 Å². The Morgan fingerprint density at radius 2 is 1.70 bits per heavy atom. The summed E-state index contributed by atoms with van der Waals surface area (Å²) in [7, 11) is 5.16. The normalized spacial score (nSPS) is 16.2. The van der Waals surface area contributed by atoms with Gasteiger partial charge in [0, 0.05) is 74.6 Å². The molecule has 1 aliphatic carbocycles. The Bertz CT molecular complexity index is 1990. The highest BCUT2D eigenvalue weighted by atomic mass is 19.4. The lowest BCUT2D eigenvalue weighted by Crippen LogP contribution is -2.44. The highest BCUT2D eigenvalue weighted by Crippen LogP contribution is 2.45. The van der Waals surface area contributed by atoms with Crippen molar-refractivity contribution in [1.29, 1.82) is 0 Å². The van der Waals surface area contributed by atoms with E-state index in [2.05, 4.69) is 31.8 Å². The Morgan fingerprint density at radius 3 is 2.36 bits per heavy atom. The number of pyridine rings is 1. The Morgan fingerprint density at radius 1 is 0.957 bits per heavy atom. The van der Waals surface area contributed by atoms with E-state index in [1.54, 1.807) is 42.1 Å². The highest BCUT2D eigenvalue weighted by Gasteiger charge is 2.35. The third-order valence-corrected chi connectivity index (χ3v) is 8.83. The molecule has 14 heteroatoms. The molecular weight excluding hydrogens is 611 g/mol. The van der Waals surface area contributed by atoms with Crippen LogP contribution in [0.4, 0.5) is 13.2 Å². The summed E-state index contributed by atoms with van der Waals surface area (Å²) in [5, 5.41) is 0.713. The lowest BCUT2D eigenvalue weighted by Gasteiger charge is -2.32. The van der Waals surface area contributed by atoms with E-state index in [0.29, 0.717) is 46.0 Å². The molecular formula is C33H34F3N9O2. The van der Waals surface area contributed by atoms with Gasteiger partial charge in [-0.05, 0) is 31.5 Å². The smallest absolute Gasteiger partial charge is 0.434 e. The molecule has 0 spiro atoms. The van der Waals surface area contributed by atoms with Crippen LogP contribution in [0.5, 0.6) is 5.88 Å². The van der Waals surface area contributed by atoms with Crippen molar-refractivity contribution in [2.75, 3.05) is 40.3 Å². The van der Waals surface area contributed by atoms with Crippen LogP contribution in [0.3, 0.4) is 0 Å². The molecule has 11 nitrogen and oxygen atoms in total. The van der Waals surface area contributed by atoms with Gasteiger partial charge in [-0.15, -0.1) is 0 Å². The number of halogens is 3. The Hall–Kier alpha value is -4.69. The molecule has 0 N–H and O–H groups in total. The summed E-state index contributed by atoms with van der Waals surface area (Å²) in [5.41, 5.74) is 2.74. The predicted octanol–water partition coefficient (Wildman–Crippen LogP) is 4.35. The summed E-state index contributed by atoms with van der Waals surface area (Å²) in [6.45, 7) is 4.24. The second-order valence-electron chi connectivity index (χ2n) is 12.3. The Labute approximate surface area is 268 Å². The highest BCUT2D eigenvalue weighted by molar-refractivity contribution is 5.78. The van der Waals surface area contributed by atoms with E-state index in [1.165, 1.54) is 17.9 Å². The minimum Gasteiger partial charge on any atom is -0.480 e. The number of aromatic nitrogens is 7. The summed E-state index contributed by atoms with van der Waals surface area (Å²) < 4.78 is 48.4.